The topological polar surface area (TPSA) is 41.6 Å². The number of hydrogen-bond donors (Lipinski definition) is 1. The molecule has 0 aromatic heterocycles. The number of benzene rings is 2. The number of methoxy groups -OCH3 is 1. The lowest BCUT2D eigenvalue weighted by atomic mass is 10.2. The summed E-state index contributed by atoms with van der Waals surface area (Å²) in [6.07, 6.45) is 2.29. The summed E-state index contributed by atoms with van der Waals surface area (Å²) in [6, 6.07) is 11.5. The average Bonchev–Trinajstić information content (AvgIpc) is 3.11. The molecule has 2 aromatic rings. The van der Waals surface area contributed by atoms with Crippen molar-refractivity contribution >= 4 is 17.3 Å². The number of amides is 1. The summed E-state index contributed by atoms with van der Waals surface area (Å²) in [4.78, 5) is 14.5. The number of anilines is 2. The number of hydrogen-bond acceptors (Lipinski definition) is 3. The molecule has 1 fully saturated rings. The molecule has 1 N–H and O–H groups in total. The van der Waals surface area contributed by atoms with E-state index < -0.39 is 5.82 Å². The van der Waals surface area contributed by atoms with Crippen molar-refractivity contribution in [2.24, 2.45) is 0 Å². The molecule has 2 aromatic carbocycles. The Bertz CT molecular complexity index is 695. The minimum Gasteiger partial charge on any atom is -0.497 e. The first-order valence-corrected chi connectivity index (χ1v) is 7.67. The molecule has 0 atom stereocenters. The van der Waals surface area contributed by atoms with Crippen LogP contribution in [-0.2, 0) is 0 Å². The molecular weight excluding hydrogens is 295 g/mol. The molecule has 4 nitrogen and oxygen atoms in total. The summed E-state index contributed by atoms with van der Waals surface area (Å²) in [7, 11) is 1.56. The lowest BCUT2D eigenvalue weighted by molar-refractivity contribution is 0.102. The molecule has 1 saturated heterocycles. The molecule has 0 spiro atoms. The quantitative estimate of drug-likeness (QED) is 0.936. The summed E-state index contributed by atoms with van der Waals surface area (Å²) >= 11 is 0. The average molecular weight is 314 g/mol. The van der Waals surface area contributed by atoms with E-state index in [2.05, 4.69) is 10.2 Å². The summed E-state index contributed by atoms with van der Waals surface area (Å²) in [5, 5.41) is 2.65. The van der Waals surface area contributed by atoms with Gasteiger partial charge >= 0.3 is 0 Å². The largest absolute Gasteiger partial charge is 0.497 e. The Balaban J connectivity index is 1.77. The highest BCUT2D eigenvalue weighted by molar-refractivity contribution is 6.04. The Kier molecular flexibility index (Phi) is 4.46. The van der Waals surface area contributed by atoms with Crippen LogP contribution in [-0.4, -0.2) is 26.1 Å². The Morgan fingerprint density at radius 1 is 1.13 bits per heavy atom. The van der Waals surface area contributed by atoms with Gasteiger partial charge in [-0.25, -0.2) is 4.39 Å². The normalized spacial score (nSPS) is 13.9. The Hall–Kier alpha value is -2.56. The van der Waals surface area contributed by atoms with Crippen LogP contribution in [0.5, 0.6) is 5.75 Å². The van der Waals surface area contributed by atoms with Crippen LogP contribution < -0.4 is 15.0 Å². The molecule has 1 aliphatic rings. The van der Waals surface area contributed by atoms with Gasteiger partial charge in [-0.05, 0) is 55.3 Å². The van der Waals surface area contributed by atoms with Crippen molar-refractivity contribution in [1.82, 2.24) is 0 Å². The van der Waals surface area contributed by atoms with Crippen molar-refractivity contribution < 1.29 is 13.9 Å². The molecule has 0 aliphatic carbocycles. The molecule has 0 unspecified atom stereocenters. The standard InChI is InChI=1S/C18H19FN2O2/c1-23-15-7-4-13(5-8-15)18(22)20-17-12-14(6-9-16(17)19)21-10-2-3-11-21/h4-9,12H,2-3,10-11H2,1H3,(H,20,22). The van der Waals surface area contributed by atoms with Crippen LogP contribution in [0.2, 0.25) is 0 Å². The first-order chi connectivity index (χ1) is 11.2. The van der Waals surface area contributed by atoms with E-state index in [1.807, 2.05) is 0 Å². The molecule has 1 aliphatic heterocycles. The van der Waals surface area contributed by atoms with Gasteiger partial charge in [-0.1, -0.05) is 0 Å². The molecular formula is C18H19FN2O2. The Morgan fingerprint density at radius 2 is 1.83 bits per heavy atom. The highest BCUT2D eigenvalue weighted by Crippen LogP contribution is 2.26. The lowest BCUT2D eigenvalue weighted by Gasteiger charge is -2.19. The van der Waals surface area contributed by atoms with Crippen LogP contribution >= 0.6 is 0 Å². The van der Waals surface area contributed by atoms with Crippen LogP contribution in [0.3, 0.4) is 0 Å². The van der Waals surface area contributed by atoms with E-state index in [4.69, 9.17) is 4.74 Å². The van der Waals surface area contributed by atoms with E-state index in [0.717, 1.165) is 31.6 Å². The van der Waals surface area contributed by atoms with Gasteiger partial charge in [0.2, 0.25) is 0 Å². The summed E-state index contributed by atoms with van der Waals surface area (Å²) < 4.78 is 19.1. The first kappa shape index (κ1) is 15.3. The smallest absolute Gasteiger partial charge is 0.255 e. The van der Waals surface area contributed by atoms with Gasteiger partial charge in [0.25, 0.3) is 5.91 Å². The van der Waals surface area contributed by atoms with Crippen molar-refractivity contribution in [3.05, 3.63) is 53.8 Å². The molecule has 0 radical (unpaired) electrons. The number of halogens is 1. The van der Waals surface area contributed by atoms with E-state index >= 15 is 0 Å². The molecule has 120 valence electrons. The molecule has 23 heavy (non-hydrogen) atoms. The minimum absolute atomic E-state index is 0.204. The SMILES string of the molecule is COc1ccc(C(=O)Nc2cc(N3CCCC3)ccc2F)cc1. The lowest BCUT2D eigenvalue weighted by Crippen LogP contribution is -2.18. The maximum absolute atomic E-state index is 14.0. The second-order valence-corrected chi connectivity index (χ2v) is 5.54. The van der Waals surface area contributed by atoms with Crippen LogP contribution in [0.4, 0.5) is 15.8 Å². The Labute approximate surface area is 134 Å². The van der Waals surface area contributed by atoms with Crippen molar-refractivity contribution in [2.45, 2.75) is 12.8 Å². The third kappa shape index (κ3) is 3.44. The van der Waals surface area contributed by atoms with Gasteiger partial charge in [0.05, 0.1) is 12.8 Å². The summed E-state index contributed by atoms with van der Waals surface area (Å²) in [5.41, 5.74) is 1.60. The number of carbonyl (C=O) groups is 1. The monoisotopic (exact) mass is 314 g/mol. The maximum atomic E-state index is 14.0. The second-order valence-electron chi connectivity index (χ2n) is 5.54. The molecule has 5 heteroatoms. The fraction of sp³-hybridized carbons (Fsp3) is 0.278. The number of nitrogens with zero attached hydrogens (tertiary/aromatic N) is 1. The van der Waals surface area contributed by atoms with E-state index in [9.17, 15) is 9.18 Å². The van der Waals surface area contributed by atoms with Gasteiger partial charge in [0.1, 0.15) is 11.6 Å². The van der Waals surface area contributed by atoms with E-state index in [0.29, 0.717) is 11.3 Å². The van der Waals surface area contributed by atoms with Gasteiger partial charge in [0, 0.05) is 24.3 Å². The van der Waals surface area contributed by atoms with Gasteiger partial charge < -0.3 is 15.0 Å². The fourth-order valence-electron chi connectivity index (χ4n) is 2.72. The van der Waals surface area contributed by atoms with Crippen molar-refractivity contribution in [3.63, 3.8) is 0 Å². The predicted octanol–water partition coefficient (Wildman–Crippen LogP) is 3.69. The second kappa shape index (κ2) is 6.69. The van der Waals surface area contributed by atoms with E-state index in [1.54, 1.807) is 43.5 Å². The van der Waals surface area contributed by atoms with Gasteiger partial charge in [0.15, 0.2) is 0 Å². The molecule has 0 bridgehead atoms. The molecule has 0 saturated carbocycles. The van der Waals surface area contributed by atoms with E-state index in [1.165, 1.54) is 6.07 Å². The van der Waals surface area contributed by atoms with Crippen molar-refractivity contribution in [3.8, 4) is 5.75 Å². The minimum atomic E-state index is -0.435. The van der Waals surface area contributed by atoms with Crippen LogP contribution in [0.15, 0.2) is 42.5 Å². The highest BCUT2D eigenvalue weighted by atomic mass is 19.1. The summed E-state index contributed by atoms with van der Waals surface area (Å²) in [6.45, 7) is 1.94. The number of rotatable bonds is 4. The zero-order valence-electron chi connectivity index (χ0n) is 13.0. The number of ether oxygens (including phenoxy) is 1. The zero-order valence-corrected chi connectivity index (χ0v) is 13.0. The third-order valence-electron chi connectivity index (χ3n) is 4.02. The zero-order chi connectivity index (χ0) is 16.2. The van der Waals surface area contributed by atoms with Crippen LogP contribution in [0.25, 0.3) is 0 Å². The third-order valence-corrected chi connectivity index (χ3v) is 4.02. The van der Waals surface area contributed by atoms with Crippen LogP contribution in [0.1, 0.15) is 23.2 Å². The number of nitrogens with one attached hydrogen (secondary N) is 1. The van der Waals surface area contributed by atoms with E-state index in [-0.39, 0.29) is 11.6 Å². The molecule has 1 amide bonds. The van der Waals surface area contributed by atoms with Gasteiger partial charge in [-0.15, -0.1) is 0 Å². The summed E-state index contributed by atoms with van der Waals surface area (Å²) in [5.74, 6) is -0.108. The predicted molar refractivity (Wildman–Crippen MR) is 88.8 cm³/mol. The first-order valence-electron chi connectivity index (χ1n) is 7.67. The van der Waals surface area contributed by atoms with Gasteiger partial charge in [-0.3, -0.25) is 4.79 Å². The highest BCUT2D eigenvalue weighted by Gasteiger charge is 2.15. The van der Waals surface area contributed by atoms with Crippen molar-refractivity contribution in [2.75, 3.05) is 30.4 Å². The molecule has 1 heterocycles. The Morgan fingerprint density at radius 3 is 2.48 bits per heavy atom. The molecule has 3 rings (SSSR count). The number of carbonyl (C=O) groups excluding carboxylic acids is 1. The van der Waals surface area contributed by atoms with Gasteiger partial charge in [-0.2, -0.15) is 0 Å². The maximum Gasteiger partial charge on any atom is 0.255 e. The fourth-order valence-corrected chi connectivity index (χ4v) is 2.72. The van der Waals surface area contributed by atoms with Crippen molar-refractivity contribution in [1.29, 1.82) is 0 Å². The van der Waals surface area contributed by atoms with Crippen LogP contribution in [0, 0.1) is 5.82 Å².